The van der Waals surface area contributed by atoms with E-state index in [1.54, 1.807) is 24.3 Å². The highest BCUT2D eigenvalue weighted by molar-refractivity contribution is 5.94. The van der Waals surface area contributed by atoms with Crippen LogP contribution < -0.4 is 10.6 Å². The fourth-order valence-corrected chi connectivity index (χ4v) is 2.87. The van der Waals surface area contributed by atoms with E-state index in [2.05, 4.69) is 17.6 Å². The van der Waals surface area contributed by atoms with Crippen LogP contribution in [0, 0.1) is 0 Å². The van der Waals surface area contributed by atoms with E-state index in [-0.39, 0.29) is 24.7 Å². The highest BCUT2D eigenvalue weighted by Crippen LogP contribution is 2.13. The van der Waals surface area contributed by atoms with Gasteiger partial charge in [0.2, 0.25) is 11.8 Å². The zero-order chi connectivity index (χ0) is 21.3. The molecule has 6 nitrogen and oxygen atoms in total. The van der Waals surface area contributed by atoms with Gasteiger partial charge >= 0.3 is 5.97 Å². The van der Waals surface area contributed by atoms with Crippen LogP contribution in [0.5, 0.6) is 0 Å². The van der Waals surface area contributed by atoms with Crippen molar-refractivity contribution in [3.63, 3.8) is 0 Å². The maximum Gasteiger partial charge on any atom is 0.303 e. The van der Waals surface area contributed by atoms with Crippen molar-refractivity contribution in [3.8, 4) is 0 Å². The molecular formula is C23H34N2O4. The van der Waals surface area contributed by atoms with Crippen LogP contribution in [0.3, 0.4) is 0 Å². The molecule has 0 spiro atoms. The van der Waals surface area contributed by atoms with Crippen molar-refractivity contribution in [2.45, 2.75) is 71.1 Å². The topological polar surface area (TPSA) is 95.5 Å². The minimum Gasteiger partial charge on any atom is -0.481 e. The summed E-state index contributed by atoms with van der Waals surface area (Å²) in [4.78, 5) is 34.1. The van der Waals surface area contributed by atoms with Gasteiger partial charge in [-0.15, -0.1) is 0 Å². The summed E-state index contributed by atoms with van der Waals surface area (Å²) in [5.74, 6) is -1.49. The predicted molar refractivity (Wildman–Crippen MR) is 117 cm³/mol. The normalized spacial score (nSPS) is 10.8. The molecule has 6 heteroatoms. The molecule has 0 saturated carbocycles. The Hall–Kier alpha value is -2.63. The van der Waals surface area contributed by atoms with Crippen molar-refractivity contribution < 1.29 is 19.5 Å². The monoisotopic (exact) mass is 402 g/mol. The smallest absolute Gasteiger partial charge is 0.303 e. The molecule has 0 radical (unpaired) electrons. The fourth-order valence-electron chi connectivity index (χ4n) is 2.87. The molecule has 0 unspecified atom stereocenters. The van der Waals surface area contributed by atoms with E-state index in [0.717, 1.165) is 18.4 Å². The molecule has 0 heterocycles. The molecule has 0 aliphatic carbocycles. The summed E-state index contributed by atoms with van der Waals surface area (Å²) in [6.07, 6.45) is 12.7. The van der Waals surface area contributed by atoms with Gasteiger partial charge in [0.05, 0.1) is 6.42 Å². The highest BCUT2D eigenvalue weighted by atomic mass is 16.4. The SMILES string of the molecule is CCCCCCCCCCNC(=O)C=Cc1cccc(NC(=O)CCC(=O)O)c1. The molecule has 0 aliphatic heterocycles. The van der Waals surface area contributed by atoms with Crippen LogP contribution in [-0.2, 0) is 14.4 Å². The van der Waals surface area contributed by atoms with Crippen LogP contribution in [0.15, 0.2) is 30.3 Å². The van der Waals surface area contributed by atoms with Gasteiger partial charge in [0, 0.05) is 24.7 Å². The molecule has 160 valence electrons. The standard InChI is InChI=1S/C23H34N2O4/c1-2-3-4-5-6-7-8-9-17-24-21(26)14-13-19-11-10-12-20(18-19)25-22(27)15-16-23(28)29/h10-14,18H,2-9,15-17H2,1H3,(H,24,26)(H,25,27)(H,28,29). The Morgan fingerprint density at radius 2 is 1.66 bits per heavy atom. The van der Waals surface area contributed by atoms with Gasteiger partial charge in [-0.2, -0.15) is 0 Å². The summed E-state index contributed by atoms with van der Waals surface area (Å²) in [5, 5.41) is 14.2. The van der Waals surface area contributed by atoms with Gasteiger partial charge in [0.15, 0.2) is 0 Å². The second-order valence-electron chi connectivity index (χ2n) is 7.17. The third-order valence-corrected chi connectivity index (χ3v) is 4.49. The summed E-state index contributed by atoms with van der Waals surface area (Å²) in [6, 6.07) is 7.06. The Bertz CT molecular complexity index is 671. The lowest BCUT2D eigenvalue weighted by Gasteiger charge is -2.05. The van der Waals surface area contributed by atoms with Gasteiger partial charge in [0.25, 0.3) is 0 Å². The van der Waals surface area contributed by atoms with Crippen LogP contribution >= 0.6 is 0 Å². The number of nitrogens with one attached hydrogen (secondary N) is 2. The zero-order valence-electron chi connectivity index (χ0n) is 17.4. The maximum absolute atomic E-state index is 11.9. The van der Waals surface area contributed by atoms with E-state index < -0.39 is 5.97 Å². The first-order valence-electron chi connectivity index (χ1n) is 10.6. The summed E-state index contributed by atoms with van der Waals surface area (Å²) in [7, 11) is 0. The summed E-state index contributed by atoms with van der Waals surface area (Å²) in [6.45, 7) is 2.90. The Morgan fingerprint density at radius 1 is 0.966 bits per heavy atom. The molecule has 29 heavy (non-hydrogen) atoms. The zero-order valence-corrected chi connectivity index (χ0v) is 17.4. The van der Waals surface area contributed by atoms with Gasteiger partial charge in [-0.05, 0) is 30.2 Å². The lowest BCUT2D eigenvalue weighted by atomic mass is 10.1. The van der Waals surface area contributed by atoms with Crippen molar-refractivity contribution in [1.82, 2.24) is 5.32 Å². The molecule has 1 aromatic carbocycles. The number of hydrogen-bond acceptors (Lipinski definition) is 3. The molecule has 2 amide bonds. The largest absolute Gasteiger partial charge is 0.481 e. The van der Waals surface area contributed by atoms with Crippen LogP contribution in [0.25, 0.3) is 6.08 Å². The Labute approximate surface area is 173 Å². The van der Waals surface area contributed by atoms with Crippen molar-refractivity contribution in [3.05, 3.63) is 35.9 Å². The Kier molecular flexibility index (Phi) is 12.9. The van der Waals surface area contributed by atoms with Gasteiger partial charge < -0.3 is 15.7 Å². The average molecular weight is 403 g/mol. The number of amides is 2. The first-order valence-corrected chi connectivity index (χ1v) is 10.6. The minimum absolute atomic E-state index is 0.0729. The van der Waals surface area contributed by atoms with E-state index in [9.17, 15) is 14.4 Å². The fraction of sp³-hybridized carbons (Fsp3) is 0.522. The number of benzene rings is 1. The summed E-state index contributed by atoms with van der Waals surface area (Å²) >= 11 is 0. The third kappa shape index (κ3) is 13.2. The quantitative estimate of drug-likeness (QED) is 0.291. The second kappa shape index (κ2) is 15.3. The van der Waals surface area contributed by atoms with Crippen molar-refractivity contribution in [1.29, 1.82) is 0 Å². The average Bonchev–Trinajstić information content (AvgIpc) is 2.70. The number of carbonyl (C=O) groups excluding carboxylic acids is 2. The molecule has 0 aliphatic rings. The number of aliphatic carboxylic acids is 1. The number of anilines is 1. The molecule has 1 rings (SSSR count). The number of carbonyl (C=O) groups is 3. The lowest BCUT2D eigenvalue weighted by Crippen LogP contribution is -2.21. The van der Waals surface area contributed by atoms with Crippen molar-refractivity contribution in [2.75, 3.05) is 11.9 Å². The van der Waals surface area contributed by atoms with E-state index >= 15 is 0 Å². The molecule has 3 N–H and O–H groups in total. The molecule has 0 aromatic heterocycles. The van der Waals surface area contributed by atoms with Crippen LogP contribution in [-0.4, -0.2) is 29.4 Å². The number of hydrogen-bond donors (Lipinski definition) is 3. The maximum atomic E-state index is 11.9. The predicted octanol–water partition coefficient (Wildman–Crippen LogP) is 4.76. The van der Waals surface area contributed by atoms with E-state index in [4.69, 9.17) is 5.11 Å². The minimum atomic E-state index is -1.00. The highest BCUT2D eigenvalue weighted by Gasteiger charge is 2.06. The van der Waals surface area contributed by atoms with E-state index in [1.165, 1.54) is 44.6 Å². The van der Waals surface area contributed by atoms with Gasteiger partial charge in [-0.25, -0.2) is 0 Å². The Balaban J connectivity index is 2.26. The molecule has 1 aromatic rings. The molecule has 0 bridgehead atoms. The van der Waals surface area contributed by atoms with E-state index in [1.807, 2.05) is 6.07 Å². The van der Waals surface area contributed by atoms with Gasteiger partial charge in [0.1, 0.15) is 0 Å². The first kappa shape index (κ1) is 24.4. The lowest BCUT2D eigenvalue weighted by molar-refractivity contribution is -0.138. The summed E-state index contributed by atoms with van der Waals surface area (Å²) < 4.78 is 0. The first-order chi connectivity index (χ1) is 14.0. The molecule has 0 saturated heterocycles. The van der Waals surface area contributed by atoms with Crippen LogP contribution in [0.4, 0.5) is 5.69 Å². The van der Waals surface area contributed by atoms with Crippen molar-refractivity contribution in [2.24, 2.45) is 0 Å². The Morgan fingerprint density at radius 3 is 2.34 bits per heavy atom. The number of rotatable bonds is 15. The number of carboxylic acids is 1. The van der Waals surface area contributed by atoms with Crippen LogP contribution in [0.2, 0.25) is 0 Å². The van der Waals surface area contributed by atoms with Gasteiger partial charge in [-0.3, -0.25) is 14.4 Å². The second-order valence-corrected chi connectivity index (χ2v) is 7.17. The third-order valence-electron chi connectivity index (χ3n) is 4.49. The van der Waals surface area contributed by atoms with Crippen molar-refractivity contribution >= 4 is 29.5 Å². The number of unbranched alkanes of at least 4 members (excludes halogenated alkanes) is 7. The van der Waals surface area contributed by atoms with E-state index in [0.29, 0.717) is 12.2 Å². The molecule has 0 fully saturated rings. The van der Waals surface area contributed by atoms with Gasteiger partial charge in [-0.1, -0.05) is 64.0 Å². The summed E-state index contributed by atoms with van der Waals surface area (Å²) in [5.41, 5.74) is 1.35. The molecular weight excluding hydrogens is 368 g/mol. The van der Waals surface area contributed by atoms with Crippen LogP contribution in [0.1, 0.15) is 76.7 Å². The molecule has 0 atom stereocenters. The number of carboxylic acid groups (broad SMARTS) is 1.